The van der Waals surface area contributed by atoms with E-state index in [2.05, 4.69) is 25.9 Å². The Morgan fingerprint density at radius 2 is 1.77 bits per heavy atom. The van der Waals surface area contributed by atoms with Crippen LogP contribution in [0, 0.1) is 18.7 Å². The van der Waals surface area contributed by atoms with Gasteiger partial charge in [0.25, 0.3) is 5.91 Å². The molecule has 2 heterocycles. The molecule has 0 aliphatic heterocycles. The summed E-state index contributed by atoms with van der Waals surface area (Å²) in [6.07, 6.45) is 2.35. The fraction of sp³-hybridized carbons (Fsp3) is 0.194. The number of carbonyl (C=O) groups is 4. The summed E-state index contributed by atoms with van der Waals surface area (Å²) in [5, 5.41) is 26.3. The first-order valence-electron chi connectivity index (χ1n) is 13.4. The zero-order valence-electron chi connectivity index (χ0n) is 24.0. The standard InChI is InChI=1S/C31H30FN5O7/c1-17-5-4-6-20(11-17)35-30(43)36-24-8-7-21(14-23(24)32)44-22-9-10-33-26(15-22)25-13-19(16-34-25)28(40)37-31(3,29(41)42)18(2)12-27(38)39/h4-11,13-16,18,34H,12H2,1-3H3,(H,37,40)(H,38,39)(H,41,42)(H2,35,36,43). The molecule has 6 N–H and O–H groups in total. The molecule has 3 amide bonds. The SMILES string of the molecule is Cc1cccc(NC(=O)Nc2ccc(Oc3ccnc(-c4cc(C(=O)NC(C)(C(=O)O)C(C)CC(=O)O)c[nH]4)c3)cc2F)c1. The number of H-pyrrole nitrogens is 1. The van der Waals surface area contributed by atoms with E-state index in [1.165, 1.54) is 44.4 Å². The van der Waals surface area contributed by atoms with Gasteiger partial charge in [-0.05, 0) is 55.8 Å². The lowest BCUT2D eigenvalue weighted by molar-refractivity contribution is -0.147. The maximum absolute atomic E-state index is 14.8. The average molecular weight is 604 g/mol. The van der Waals surface area contributed by atoms with E-state index in [-0.39, 0.29) is 17.0 Å². The number of carboxylic acid groups (broad SMARTS) is 2. The molecule has 0 fully saturated rings. The Hall–Kier alpha value is -5.72. The van der Waals surface area contributed by atoms with Crippen LogP contribution < -0.4 is 20.7 Å². The van der Waals surface area contributed by atoms with Crippen molar-refractivity contribution in [3.63, 3.8) is 0 Å². The van der Waals surface area contributed by atoms with Crippen molar-refractivity contribution < 1.29 is 38.5 Å². The summed E-state index contributed by atoms with van der Waals surface area (Å²) < 4.78 is 20.6. The quantitative estimate of drug-likeness (QED) is 0.127. The van der Waals surface area contributed by atoms with Crippen molar-refractivity contribution in [3.05, 3.63) is 90.0 Å². The second-order valence-corrected chi connectivity index (χ2v) is 10.3. The number of nitrogens with zero attached hydrogens (tertiary/aromatic N) is 1. The van der Waals surface area contributed by atoms with Crippen molar-refractivity contribution in [3.8, 4) is 22.9 Å². The Morgan fingerprint density at radius 1 is 1.02 bits per heavy atom. The Labute approximate surface area is 251 Å². The van der Waals surface area contributed by atoms with Crippen molar-refractivity contribution in [2.45, 2.75) is 32.7 Å². The molecule has 12 nitrogen and oxygen atoms in total. The molecule has 2 aromatic carbocycles. The maximum Gasteiger partial charge on any atom is 0.329 e. The molecule has 0 bridgehead atoms. The second-order valence-electron chi connectivity index (χ2n) is 10.3. The molecular formula is C31H30FN5O7. The topological polar surface area (TPSA) is 183 Å². The van der Waals surface area contributed by atoms with E-state index in [1.807, 2.05) is 13.0 Å². The van der Waals surface area contributed by atoms with Gasteiger partial charge in [0.2, 0.25) is 0 Å². The fourth-order valence-corrected chi connectivity index (χ4v) is 4.26. The van der Waals surface area contributed by atoms with Crippen LogP contribution in [0.2, 0.25) is 0 Å². The molecule has 0 saturated carbocycles. The lowest BCUT2D eigenvalue weighted by Crippen LogP contribution is -2.56. The third kappa shape index (κ3) is 7.56. The maximum atomic E-state index is 14.8. The number of anilines is 2. The second kappa shape index (κ2) is 13.1. The number of ether oxygens (including phenoxy) is 1. The van der Waals surface area contributed by atoms with Crippen molar-refractivity contribution in [2.75, 3.05) is 10.6 Å². The number of urea groups is 1. The van der Waals surface area contributed by atoms with E-state index >= 15 is 0 Å². The molecule has 44 heavy (non-hydrogen) atoms. The molecule has 2 atom stereocenters. The smallest absolute Gasteiger partial charge is 0.329 e. The van der Waals surface area contributed by atoms with Gasteiger partial charge in [-0.25, -0.2) is 14.0 Å². The molecule has 2 unspecified atom stereocenters. The van der Waals surface area contributed by atoms with Gasteiger partial charge in [-0.1, -0.05) is 19.1 Å². The normalized spacial score (nSPS) is 12.8. The van der Waals surface area contributed by atoms with E-state index in [0.717, 1.165) is 11.6 Å². The Bertz CT molecular complexity index is 1720. The lowest BCUT2D eigenvalue weighted by Gasteiger charge is -2.31. The minimum atomic E-state index is -1.83. The molecule has 0 aliphatic rings. The number of aryl methyl sites for hydroxylation is 1. The first kappa shape index (κ1) is 31.2. The first-order chi connectivity index (χ1) is 20.8. The number of carbonyl (C=O) groups excluding carboxylic acids is 2. The zero-order valence-corrected chi connectivity index (χ0v) is 24.0. The van der Waals surface area contributed by atoms with Crippen LogP contribution in [0.4, 0.5) is 20.6 Å². The number of aromatic nitrogens is 2. The minimum Gasteiger partial charge on any atom is -0.481 e. The summed E-state index contributed by atoms with van der Waals surface area (Å²) in [6.45, 7) is 4.57. The molecule has 0 radical (unpaired) electrons. The molecule has 13 heteroatoms. The number of carboxylic acids is 2. The Balaban J connectivity index is 1.42. The van der Waals surface area contributed by atoms with E-state index in [9.17, 15) is 28.7 Å². The van der Waals surface area contributed by atoms with Crippen LogP contribution >= 0.6 is 0 Å². The number of nitrogens with one attached hydrogen (secondary N) is 4. The van der Waals surface area contributed by atoms with Crippen molar-refractivity contribution >= 4 is 35.3 Å². The van der Waals surface area contributed by atoms with E-state index < -0.39 is 47.6 Å². The van der Waals surface area contributed by atoms with Crippen LogP contribution in [0.3, 0.4) is 0 Å². The number of hydrogen-bond donors (Lipinski definition) is 6. The number of aromatic amines is 1. The predicted molar refractivity (Wildman–Crippen MR) is 159 cm³/mol. The van der Waals surface area contributed by atoms with Gasteiger partial charge in [-0.15, -0.1) is 0 Å². The highest BCUT2D eigenvalue weighted by molar-refractivity contribution is 6.00. The zero-order chi connectivity index (χ0) is 32.0. The summed E-state index contributed by atoms with van der Waals surface area (Å²) in [5.74, 6) is -4.45. The first-order valence-corrected chi connectivity index (χ1v) is 13.4. The van der Waals surface area contributed by atoms with Crippen LogP contribution in [-0.2, 0) is 9.59 Å². The Morgan fingerprint density at radius 3 is 2.45 bits per heavy atom. The third-order valence-corrected chi connectivity index (χ3v) is 6.94. The van der Waals surface area contributed by atoms with Crippen molar-refractivity contribution in [2.24, 2.45) is 5.92 Å². The molecule has 228 valence electrons. The Kier molecular flexibility index (Phi) is 9.27. The molecule has 4 aromatic rings. The monoisotopic (exact) mass is 603 g/mol. The van der Waals surface area contributed by atoms with Gasteiger partial charge < -0.3 is 35.9 Å². The number of aliphatic carboxylic acids is 2. The molecule has 0 spiro atoms. The van der Waals surface area contributed by atoms with Crippen molar-refractivity contribution in [1.29, 1.82) is 0 Å². The average Bonchev–Trinajstić information content (AvgIpc) is 3.45. The van der Waals surface area contributed by atoms with Crippen molar-refractivity contribution in [1.82, 2.24) is 15.3 Å². The highest BCUT2D eigenvalue weighted by atomic mass is 19.1. The van der Waals surface area contributed by atoms with Crippen LogP contribution in [0.15, 0.2) is 73.1 Å². The summed E-state index contributed by atoms with van der Waals surface area (Å²) in [4.78, 5) is 55.4. The highest BCUT2D eigenvalue weighted by Gasteiger charge is 2.41. The summed E-state index contributed by atoms with van der Waals surface area (Å²) in [6, 6.07) is 15.1. The largest absolute Gasteiger partial charge is 0.481 e. The summed E-state index contributed by atoms with van der Waals surface area (Å²) >= 11 is 0. The predicted octanol–water partition coefficient (Wildman–Crippen LogP) is 5.64. The van der Waals surface area contributed by atoms with Crippen LogP contribution in [0.25, 0.3) is 11.4 Å². The minimum absolute atomic E-state index is 0.0496. The van der Waals surface area contributed by atoms with Gasteiger partial charge in [0.05, 0.1) is 29.1 Å². The summed E-state index contributed by atoms with van der Waals surface area (Å²) in [7, 11) is 0. The highest BCUT2D eigenvalue weighted by Crippen LogP contribution is 2.29. The van der Waals surface area contributed by atoms with Crippen LogP contribution in [-0.4, -0.2) is 49.6 Å². The number of halogens is 1. The number of pyridine rings is 1. The van der Waals surface area contributed by atoms with Gasteiger partial charge in [-0.3, -0.25) is 14.6 Å². The number of amides is 3. The number of benzene rings is 2. The lowest BCUT2D eigenvalue weighted by atomic mass is 9.84. The molecule has 0 aliphatic carbocycles. The third-order valence-electron chi connectivity index (χ3n) is 6.94. The van der Waals surface area contributed by atoms with Gasteiger partial charge in [0.1, 0.15) is 22.9 Å². The molecule has 2 aromatic heterocycles. The van der Waals surface area contributed by atoms with E-state index in [0.29, 0.717) is 22.8 Å². The van der Waals surface area contributed by atoms with Gasteiger partial charge in [-0.2, -0.15) is 0 Å². The van der Waals surface area contributed by atoms with E-state index in [4.69, 9.17) is 9.84 Å². The van der Waals surface area contributed by atoms with Gasteiger partial charge in [0, 0.05) is 36.1 Å². The van der Waals surface area contributed by atoms with Gasteiger partial charge in [0.15, 0.2) is 0 Å². The fourth-order valence-electron chi connectivity index (χ4n) is 4.26. The molecular weight excluding hydrogens is 573 g/mol. The van der Waals surface area contributed by atoms with Crippen LogP contribution in [0.1, 0.15) is 36.2 Å². The summed E-state index contributed by atoms with van der Waals surface area (Å²) in [5.41, 5.74) is 0.514. The van der Waals surface area contributed by atoms with Gasteiger partial charge >= 0.3 is 18.0 Å². The van der Waals surface area contributed by atoms with E-state index in [1.54, 1.807) is 30.3 Å². The number of hydrogen-bond acceptors (Lipinski definition) is 6. The van der Waals surface area contributed by atoms with Crippen LogP contribution in [0.5, 0.6) is 11.5 Å². The molecule has 4 rings (SSSR count). The molecule has 0 saturated heterocycles. The number of rotatable bonds is 11.